The first-order chi connectivity index (χ1) is 8.56. The van der Waals surface area contributed by atoms with Gasteiger partial charge in [0.05, 0.1) is 18.2 Å². The molecule has 0 saturated heterocycles. The fourth-order valence-electron chi connectivity index (χ4n) is 2.11. The summed E-state index contributed by atoms with van der Waals surface area (Å²) in [4.78, 5) is 18.2. The molecule has 1 heterocycles. The van der Waals surface area contributed by atoms with Crippen molar-refractivity contribution < 1.29 is 4.79 Å². The molecular weight excluding hydrogens is 226 g/mol. The Labute approximate surface area is 108 Å². The molecule has 96 valence electrons. The fourth-order valence-corrected chi connectivity index (χ4v) is 2.11. The average molecular weight is 245 g/mol. The molecule has 0 aliphatic heterocycles. The van der Waals surface area contributed by atoms with Gasteiger partial charge in [-0.1, -0.05) is 18.2 Å². The van der Waals surface area contributed by atoms with Crippen molar-refractivity contribution in [1.29, 1.82) is 0 Å². The van der Waals surface area contributed by atoms with E-state index >= 15 is 0 Å². The summed E-state index contributed by atoms with van der Waals surface area (Å²) in [5.74, 6) is 0.0389. The summed E-state index contributed by atoms with van der Waals surface area (Å²) in [6, 6.07) is 3.98. The molecule has 1 aromatic rings. The van der Waals surface area contributed by atoms with E-state index in [9.17, 15) is 4.79 Å². The van der Waals surface area contributed by atoms with Crippen LogP contribution in [0.3, 0.4) is 0 Å². The van der Waals surface area contributed by atoms with Gasteiger partial charge in [0, 0.05) is 19.3 Å². The van der Waals surface area contributed by atoms with Gasteiger partial charge >= 0.3 is 0 Å². The highest BCUT2D eigenvalue weighted by Gasteiger charge is 2.25. The number of aromatic nitrogens is 1. The normalized spacial score (nSPS) is 22.2. The van der Waals surface area contributed by atoms with Crippen LogP contribution in [0.4, 0.5) is 0 Å². The highest BCUT2D eigenvalue weighted by Crippen LogP contribution is 2.19. The number of rotatable bonds is 3. The summed E-state index contributed by atoms with van der Waals surface area (Å²) in [5, 5.41) is 0. The van der Waals surface area contributed by atoms with Crippen LogP contribution in [0.2, 0.25) is 0 Å². The number of carbonyl (C=O) groups is 1. The largest absolute Gasteiger partial charge is 0.339 e. The second kappa shape index (κ2) is 5.31. The molecule has 0 spiro atoms. The first-order valence-electron chi connectivity index (χ1n) is 6.16. The summed E-state index contributed by atoms with van der Waals surface area (Å²) in [5.41, 5.74) is 7.79. The third kappa shape index (κ3) is 2.96. The van der Waals surface area contributed by atoms with Crippen LogP contribution in [0.15, 0.2) is 30.5 Å². The second-order valence-electron chi connectivity index (χ2n) is 4.91. The van der Waals surface area contributed by atoms with E-state index in [2.05, 4.69) is 4.98 Å². The van der Waals surface area contributed by atoms with Crippen molar-refractivity contribution in [3.05, 3.63) is 41.7 Å². The van der Waals surface area contributed by atoms with Gasteiger partial charge < -0.3 is 10.6 Å². The van der Waals surface area contributed by atoms with Gasteiger partial charge in [0.1, 0.15) is 0 Å². The number of aryl methyl sites for hydroxylation is 1. The first kappa shape index (κ1) is 12.8. The molecule has 0 bridgehead atoms. The van der Waals surface area contributed by atoms with E-state index in [0.29, 0.717) is 13.0 Å². The van der Waals surface area contributed by atoms with E-state index in [1.165, 1.54) is 0 Å². The van der Waals surface area contributed by atoms with Crippen LogP contribution in [0.5, 0.6) is 0 Å². The van der Waals surface area contributed by atoms with E-state index < -0.39 is 0 Å². The zero-order chi connectivity index (χ0) is 13.1. The van der Waals surface area contributed by atoms with Crippen LogP contribution in [-0.4, -0.2) is 28.9 Å². The van der Waals surface area contributed by atoms with E-state index in [-0.39, 0.29) is 17.9 Å². The predicted molar refractivity (Wildman–Crippen MR) is 70.7 cm³/mol. The van der Waals surface area contributed by atoms with Crippen LogP contribution < -0.4 is 5.73 Å². The molecule has 4 nitrogen and oxygen atoms in total. The molecule has 2 N–H and O–H groups in total. The monoisotopic (exact) mass is 245 g/mol. The van der Waals surface area contributed by atoms with Crippen LogP contribution in [-0.2, 0) is 11.3 Å². The topological polar surface area (TPSA) is 59.2 Å². The Bertz CT molecular complexity index is 453. The van der Waals surface area contributed by atoms with Crippen LogP contribution in [0, 0.1) is 12.8 Å². The Balaban J connectivity index is 1.95. The average Bonchev–Trinajstić information content (AvgIpc) is 2.78. The number of nitrogens with zero attached hydrogens (tertiary/aromatic N) is 2. The standard InChI is InChI=1S/C14H19N3O/c1-10-3-6-13(16-8-10)9-17(2)14(18)11-4-5-12(15)7-11/h3-6,8,11-12H,7,9,15H2,1-2H3/t11-,12+/m1/s1. The van der Waals surface area contributed by atoms with Gasteiger partial charge in [0.2, 0.25) is 5.91 Å². The van der Waals surface area contributed by atoms with Gasteiger partial charge in [-0.25, -0.2) is 0 Å². The second-order valence-corrected chi connectivity index (χ2v) is 4.91. The van der Waals surface area contributed by atoms with Crippen molar-refractivity contribution in [2.75, 3.05) is 7.05 Å². The maximum atomic E-state index is 12.2. The summed E-state index contributed by atoms with van der Waals surface area (Å²) < 4.78 is 0. The molecule has 0 unspecified atom stereocenters. The summed E-state index contributed by atoms with van der Waals surface area (Å²) in [7, 11) is 1.81. The SMILES string of the molecule is Cc1ccc(CN(C)C(=O)[C@@H]2C=C[C@H](N)C2)nc1. The summed E-state index contributed by atoms with van der Waals surface area (Å²) >= 11 is 0. The Morgan fingerprint density at radius 1 is 1.50 bits per heavy atom. The minimum atomic E-state index is -0.0737. The predicted octanol–water partition coefficient (Wildman–Crippen LogP) is 1.25. The minimum absolute atomic E-state index is 0.0184. The number of amides is 1. The van der Waals surface area contributed by atoms with Gasteiger partial charge in [-0.3, -0.25) is 9.78 Å². The lowest BCUT2D eigenvalue weighted by molar-refractivity contribution is -0.133. The molecule has 2 rings (SSSR count). The molecule has 1 aromatic heterocycles. The molecule has 1 aliphatic carbocycles. The smallest absolute Gasteiger partial charge is 0.229 e. The van der Waals surface area contributed by atoms with Gasteiger partial charge in [-0.15, -0.1) is 0 Å². The molecule has 1 aliphatic rings. The van der Waals surface area contributed by atoms with Gasteiger partial charge in [0.15, 0.2) is 0 Å². The number of carbonyl (C=O) groups excluding carboxylic acids is 1. The molecule has 0 saturated carbocycles. The molecule has 0 fully saturated rings. The van der Waals surface area contributed by atoms with Gasteiger partial charge in [-0.05, 0) is 25.0 Å². The molecular formula is C14H19N3O. The highest BCUT2D eigenvalue weighted by molar-refractivity contribution is 5.80. The number of hydrogen-bond acceptors (Lipinski definition) is 3. The molecule has 18 heavy (non-hydrogen) atoms. The third-order valence-electron chi connectivity index (χ3n) is 3.18. The Kier molecular flexibility index (Phi) is 3.77. The number of pyridine rings is 1. The Hall–Kier alpha value is -1.68. The van der Waals surface area contributed by atoms with Gasteiger partial charge in [-0.2, -0.15) is 0 Å². The lowest BCUT2D eigenvalue weighted by Crippen LogP contribution is -2.32. The maximum absolute atomic E-state index is 12.2. The zero-order valence-corrected chi connectivity index (χ0v) is 10.8. The van der Waals surface area contributed by atoms with Crippen molar-refractivity contribution >= 4 is 5.91 Å². The molecule has 2 atom stereocenters. The third-order valence-corrected chi connectivity index (χ3v) is 3.18. The molecule has 1 amide bonds. The van der Waals surface area contributed by atoms with Gasteiger partial charge in [0.25, 0.3) is 0 Å². The van der Waals surface area contributed by atoms with Crippen molar-refractivity contribution in [3.8, 4) is 0 Å². The number of nitrogens with two attached hydrogens (primary N) is 1. The molecule has 4 heteroatoms. The van der Waals surface area contributed by atoms with E-state index in [1.54, 1.807) is 4.90 Å². The van der Waals surface area contributed by atoms with Crippen molar-refractivity contribution in [2.24, 2.45) is 11.7 Å². The minimum Gasteiger partial charge on any atom is -0.339 e. The molecule has 0 radical (unpaired) electrons. The van der Waals surface area contributed by atoms with E-state index in [0.717, 1.165) is 11.3 Å². The van der Waals surface area contributed by atoms with Crippen LogP contribution in [0.25, 0.3) is 0 Å². The van der Waals surface area contributed by atoms with E-state index in [4.69, 9.17) is 5.73 Å². The van der Waals surface area contributed by atoms with Crippen molar-refractivity contribution in [1.82, 2.24) is 9.88 Å². The maximum Gasteiger partial charge on any atom is 0.229 e. The van der Waals surface area contributed by atoms with Crippen LogP contribution in [0.1, 0.15) is 17.7 Å². The lowest BCUT2D eigenvalue weighted by atomic mass is 10.1. The Morgan fingerprint density at radius 2 is 2.28 bits per heavy atom. The van der Waals surface area contributed by atoms with Crippen LogP contribution >= 0.6 is 0 Å². The van der Waals surface area contributed by atoms with Crippen molar-refractivity contribution in [3.63, 3.8) is 0 Å². The fraction of sp³-hybridized carbons (Fsp3) is 0.429. The first-order valence-corrected chi connectivity index (χ1v) is 6.16. The summed E-state index contributed by atoms with van der Waals surface area (Å²) in [6.45, 7) is 2.54. The lowest BCUT2D eigenvalue weighted by Gasteiger charge is -2.20. The zero-order valence-electron chi connectivity index (χ0n) is 10.8. The summed E-state index contributed by atoms with van der Waals surface area (Å²) in [6.07, 6.45) is 6.34. The quantitative estimate of drug-likeness (QED) is 0.815. The number of hydrogen-bond donors (Lipinski definition) is 1. The highest BCUT2D eigenvalue weighted by atomic mass is 16.2. The Morgan fingerprint density at radius 3 is 2.83 bits per heavy atom. The molecule has 0 aromatic carbocycles. The van der Waals surface area contributed by atoms with Crippen molar-refractivity contribution in [2.45, 2.75) is 25.9 Å². The van der Waals surface area contributed by atoms with E-state index in [1.807, 2.05) is 44.5 Å².